The van der Waals surface area contributed by atoms with Gasteiger partial charge in [0.25, 0.3) is 5.91 Å². The van der Waals surface area contributed by atoms with Crippen molar-refractivity contribution in [1.29, 1.82) is 0 Å². The number of anilines is 2. The molecule has 2 aliphatic rings. The summed E-state index contributed by atoms with van der Waals surface area (Å²) in [5, 5.41) is 6.16. The summed E-state index contributed by atoms with van der Waals surface area (Å²) in [5.74, 6) is -0.0128. The van der Waals surface area contributed by atoms with Crippen molar-refractivity contribution in [1.82, 2.24) is 10.2 Å². The van der Waals surface area contributed by atoms with Gasteiger partial charge in [0.15, 0.2) is 0 Å². The lowest BCUT2D eigenvalue weighted by Crippen LogP contribution is -2.38. The van der Waals surface area contributed by atoms with Gasteiger partial charge >= 0.3 is 0 Å². The predicted octanol–water partition coefficient (Wildman–Crippen LogP) is 0.899. The zero-order chi connectivity index (χ0) is 15.7. The smallest absolute Gasteiger partial charge is 0.253 e. The fourth-order valence-electron chi connectivity index (χ4n) is 3.04. The zero-order valence-corrected chi connectivity index (χ0v) is 13.1. The first-order chi connectivity index (χ1) is 10.6. The first-order valence-electron chi connectivity index (χ1n) is 7.69. The maximum atomic E-state index is 12.6. The number of likely N-dealkylation sites (N-methyl/N-ethyl adjacent to an activating group) is 1. The molecule has 0 aromatic heterocycles. The second kappa shape index (κ2) is 5.96. The molecule has 3 rings (SSSR count). The quantitative estimate of drug-likeness (QED) is 0.852. The SMILES string of the molecule is CN1CCC(=O)Nc2cc(C(=O)N(C)C3CCNC3)ccc21. The number of nitrogens with one attached hydrogen (secondary N) is 2. The Morgan fingerprint density at radius 1 is 1.41 bits per heavy atom. The lowest BCUT2D eigenvalue weighted by Gasteiger charge is -2.25. The van der Waals surface area contributed by atoms with Crippen molar-refractivity contribution in [2.75, 3.05) is 43.9 Å². The Bertz CT molecular complexity index is 596. The molecule has 1 aromatic carbocycles. The van der Waals surface area contributed by atoms with E-state index in [9.17, 15) is 9.59 Å². The lowest BCUT2D eigenvalue weighted by atomic mass is 10.1. The Morgan fingerprint density at radius 3 is 2.95 bits per heavy atom. The van der Waals surface area contributed by atoms with Crippen molar-refractivity contribution in [3.05, 3.63) is 23.8 Å². The number of carbonyl (C=O) groups is 2. The number of hydrogen-bond donors (Lipinski definition) is 2. The predicted molar refractivity (Wildman–Crippen MR) is 86.3 cm³/mol. The van der Waals surface area contributed by atoms with Gasteiger partial charge in [0.1, 0.15) is 0 Å². The van der Waals surface area contributed by atoms with Crippen LogP contribution in [0.5, 0.6) is 0 Å². The maximum absolute atomic E-state index is 12.6. The first-order valence-corrected chi connectivity index (χ1v) is 7.69. The van der Waals surface area contributed by atoms with Crippen LogP contribution in [0.4, 0.5) is 11.4 Å². The van der Waals surface area contributed by atoms with E-state index in [4.69, 9.17) is 0 Å². The molecule has 2 heterocycles. The van der Waals surface area contributed by atoms with Gasteiger partial charge in [-0.3, -0.25) is 9.59 Å². The second-order valence-corrected chi connectivity index (χ2v) is 6.01. The van der Waals surface area contributed by atoms with Gasteiger partial charge in [-0.2, -0.15) is 0 Å². The van der Waals surface area contributed by atoms with E-state index in [-0.39, 0.29) is 17.9 Å². The van der Waals surface area contributed by atoms with Gasteiger partial charge in [0.05, 0.1) is 11.4 Å². The largest absolute Gasteiger partial charge is 0.372 e. The molecular weight excluding hydrogens is 280 g/mol. The molecule has 1 aromatic rings. The molecule has 2 N–H and O–H groups in total. The second-order valence-electron chi connectivity index (χ2n) is 6.01. The molecule has 0 spiro atoms. The topological polar surface area (TPSA) is 64.7 Å². The summed E-state index contributed by atoms with van der Waals surface area (Å²) in [6, 6.07) is 5.78. The molecule has 6 heteroatoms. The summed E-state index contributed by atoms with van der Waals surface area (Å²) < 4.78 is 0. The molecule has 22 heavy (non-hydrogen) atoms. The number of rotatable bonds is 2. The van der Waals surface area contributed by atoms with E-state index in [1.165, 1.54) is 0 Å². The van der Waals surface area contributed by atoms with Crippen LogP contribution < -0.4 is 15.5 Å². The first kappa shape index (κ1) is 14.8. The normalized spacial score (nSPS) is 21.1. The molecule has 1 unspecified atom stereocenters. The number of hydrogen-bond acceptors (Lipinski definition) is 4. The minimum absolute atomic E-state index is 0.00218. The highest BCUT2D eigenvalue weighted by molar-refractivity contribution is 6.00. The third-order valence-electron chi connectivity index (χ3n) is 4.51. The van der Waals surface area contributed by atoms with Gasteiger partial charge < -0.3 is 20.4 Å². The van der Waals surface area contributed by atoms with E-state index in [1.807, 2.05) is 31.1 Å². The van der Waals surface area contributed by atoms with Crippen molar-refractivity contribution in [3.63, 3.8) is 0 Å². The molecule has 0 saturated carbocycles. The van der Waals surface area contributed by atoms with E-state index in [2.05, 4.69) is 10.6 Å². The molecule has 1 saturated heterocycles. The molecule has 2 aliphatic heterocycles. The number of carbonyl (C=O) groups excluding carboxylic acids is 2. The van der Waals surface area contributed by atoms with Crippen LogP contribution >= 0.6 is 0 Å². The van der Waals surface area contributed by atoms with Crippen molar-refractivity contribution in [2.24, 2.45) is 0 Å². The van der Waals surface area contributed by atoms with Crippen molar-refractivity contribution in [3.8, 4) is 0 Å². The average Bonchev–Trinajstić information content (AvgIpc) is 3.01. The van der Waals surface area contributed by atoms with Gasteiger partial charge in [-0.05, 0) is 31.2 Å². The molecule has 1 fully saturated rings. The molecule has 1 atom stereocenters. The van der Waals surface area contributed by atoms with Crippen molar-refractivity contribution >= 4 is 23.2 Å². The van der Waals surface area contributed by atoms with Crippen LogP contribution in [0, 0.1) is 0 Å². The maximum Gasteiger partial charge on any atom is 0.253 e. The van der Waals surface area contributed by atoms with E-state index in [0.717, 1.165) is 25.2 Å². The van der Waals surface area contributed by atoms with Crippen LogP contribution in [0.25, 0.3) is 0 Å². The lowest BCUT2D eigenvalue weighted by molar-refractivity contribution is -0.115. The summed E-state index contributed by atoms with van der Waals surface area (Å²) >= 11 is 0. The van der Waals surface area contributed by atoms with E-state index in [1.54, 1.807) is 11.0 Å². The van der Waals surface area contributed by atoms with Crippen LogP contribution in [-0.2, 0) is 4.79 Å². The summed E-state index contributed by atoms with van der Waals surface area (Å²) in [6.45, 7) is 2.47. The summed E-state index contributed by atoms with van der Waals surface area (Å²) in [5.41, 5.74) is 2.28. The van der Waals surface area contributed by atoms with E-state index >= 15 is 0 Å². The third-order valence-corrected chi connectivity index (χ3v) is 4.51. The molecule has 2 amide bonds. The van der Waals surface area contributed by atoms with Gasteiger partial charge in [0.2, 0.25) is 5.91 Å². The molecule has 6 nitrogen and oxygen atoms in total. The summed E-state index contributed by atoms with van der Waals surface area (Å²) in [7, 11) is 3.80. The van der Waals surface area contributed by atoms with Gasteiger partial charge in [-0.25, -0.2) is 0 Å². The van der Waals surface area contributed by atoms with E-state index in [0.29, 0.717) is 24.2 Å². The minimum atomic E-state index is -0.0106. The van der Waals surface area contributed by atoms with Gasteiger partial charge in [0, 0.05) is 45.2 Å². The number of benzene rings is 1. The molecule has 0 bridgehead atoms. The summed E-state index contributed by atoms with van der Waals surface area (Å²) in [6.07, 6.45) is 1.44. The average molecular weight is 302 g/mol. The number of nitrogens with zero attached hydrogens (tertiary/aromatic N) is 2. The van der Waals surface area contributed by atoms with Crippen LogP contribution in [0.3, 0.4) is 0 Å². The van der Waals surface area contributed by atoms with Crippen molar-refractivity contribution in [2.45, 2.75) is 18.9 Å². The standard InChI is InChI=1S/C16H22N4O2/c1-19-8-6-15(21)18-13-9-11(3-4-14(13)19)16(22)20(2)12-5-7-17-10-12/h3-4,9,12,17H,5-8,10H2,1-2H3,(H,18,21). The Hall–Kier alpha value is -2.08. The van der Waals surface area contributed by atoms with Gasteiger partial charge in [-0.1, -0.05) is 0 Å². The van der Waals surface area contributed by atoms with Crippen LogP contribution in [0.2, 0.25) is 0 Å². The fraction of sp³-hybridized carbons (Fsp3) is 0.500. The Morgan fingerprint density at radius 2 is 2.23 bits per heavy atom. The van der Waals surface area contributed by atoms with E-state index < -0.39 is 0 Å². The van der Waals surface area contributed by atoms with Crippen LogP contribution in [0.1, 0.15) is 23.2 Å². The highest BCUT2D eigenvalue weighted by Gasteiger charge is 2.25. The van der Waals surface area contributed by atoms with Crippen molar-refractivity contribution < 1.29 is 9.59 Å². The van der Waals surface area contributed by atoms with Gasteiger partial charge in [-0.15, -0.1) is 0 Å². The molecule has 0 aliphatic carbocycles. The number of fused-ring (bicyclic) bond motifs is 1. The van der Waals surface area contributed by atoms with Crippen LogP contribution in [0.15, 0.2) is 18.2 Å². The summed E-state index contributed by atoms with van der Waals surface area (Å²) in [4.78, 5) is 28.2. The Labute approximate surface area is 130 Å². The molecule has 0 radical (unpaired) electrons. The zero-order valence-electron chi connectivity index (χ0n) is 13.1. The molecular formula is C16H22N4O2. The minimum Gasteiger partial charge on any atom is -0.372 e. The highest BCUT2D eigenvalue weighted by Crippen LogP contribution is 2.29. The Kier molecular flexibility index (Phi) is 4.02. The monoisotopic (exact) mass is 302 g/mol. The highest BCUT2D eigenvalue weighted by atomic mass is 16.2. The fourth-order valence-corrected chi connectivity index (χ4v) is 3.04. The number of amides is 2. The van der Waals surface area contributed by atoms with Crippen LogP contribution in [-0.4, -0.2) is 56.5 Å². The molecule has 118 valence electrons. The Balaban J connectivity index is 1.86. The third kappa shape index (κ3) is 2.78.